The summed E-state index contributed by atoms with van der Waals surface area (Å²) in [6.07, 6.45) is 3.98. The second-order valence-corrected chi connectivity index (χ2v) is 5.09. The molecule has 2 rings (SSSR count). The smallest absolute Gasteiger partial charge is 0.241 e. The quantitative estimate of drug-likeness (QED) is 0.871. The monoisotopic (exact) mass is 275 g/mol. The predicted octanol–water partition coefficient (Wildman–Crippen LogP) is 2.48. The van der Waals surface area contributed by atoms with E-state index in [1.54, 1.807) is 6.92 Å². The molecule has 0 bridgehead atoms. The molecule has 1 saturated heterocycles. The molecule has 1 atom stereocenters. The van der Waals surface area contributed by atoms with Gasteiger partial charge < -0.3 is 10.6 Å². The highest BCUT2D eigenvalue weighted by atomic mass is 19.1. The SMILES string of the molecule is Cc1c(F)cc(C#N)cc1NC(=O)C1CCCCCN1. The zero-order valence-corrected chi connectivity index (χ0v) is 11.5. The first-order chi connectivity index (χ1) is 9.61. The normalized spacial score (nSPS) is 18.9. The van der Waals surface area contributed by atoms with Gasteiger partial charge in [-0.3, -0.25) is 4.79 Å². The Balaban J connectivity index is 2.14. The molecule has 1 aromatic carbocycles. The lowest BCUT2D eigenvalue weighted by atomic mass is 10.1. The highest BCUT2D eigenvalue weighted by molar-refractivity contribution is 5.95. The van der Waals surface area contributed by atoms with Crippen LogP contribution in [-0.2, 0) is 4.79 Å². The van der Waals surface area contributed by atoms with Gasteiger partial charge in [0.2, 0.25) is 5.91 Å². The molecule has 1 fully saturated rings. The number of nitrogens with zero attached hydrogens (tertiary/aromatic N) is 1. The number of hydrogen-bond acceptors (Lipinski definition) is 3. The Labute approximate surface area is 118 Å². The molecule has 1 aliphatic heterocycles. The van der Waals surface area contributed by atoms with E-state index in [-0.39, 0.29) is 17.5 Å². The van der Waals surface area contributed by atoms with E-state index < -0.39 is 5.82 Å². The molecule has 1 unspecified atom stereocenters. The van der Waals surface area contributed by atoms with Crippen molar-refractivity contribution in [2.75, 3.05) is 11.9 Å². The van der Waals surface area contributed by atoms with Gasteiger partial charge in [-0.25, -0.2) is 4.39 Å². The van der Waals surface area contributed by atoms with Crippen molar-refractivity contribution < 1.29 is 9.18 Å². The number of benzene rings is 1. The van der Waals surface area contributed by atoms with Crippen molar-refractivity contribution in [2.45, 2.75) is 38.6 Å². The molecule has 0 radical (unpaired) electrons. The van der Waals surface area contributed by atoms with Crippen LogP contribution >= 0.6 is 0 Å². The predicted molar refractivity (Wildman–Crippen MR) is 74.7 cm³/mol. The maximum absolute atomic E-state index is 13.7. The Morgan fingerprint density at radius 1 is 1.45 bits per heavy atom. The summed E-state index contributed by atoms with van der Waals surface area (Å²) in [5, 5.41) is 14.8. The molecule has 1 heterocycles. The Bertz CT molecular complexity index is 543. The summed E-state index contributed by atoms with van der Waals surface area (Å²) in [4.78, 5) is 12.2. The van der Waals surface area contributed by atoms with Crippen LogP contribution in [0.4, 0.5) is 10.1 Å². The van der Waals surface area contributed by atoms with Crippen LogP contribution in [0, 0.1) is 24.1 Å². The Morgan fingerprint density at radius 3 is 3.00 bits per heavy atom. The average molecular weight is 275 g/mol. The number of nitriles is 1. The van der Waals surface area contributed by atoms with E-state index >= 15 is 0 Å². The zero-order valence-electron chi connectivity index (χ0n) is 11.5. The summed E-state index contributed by atoms with van der Waals surface area (Å²) in [6, 6.07) is 4.33. The fraction of sp³-hybridized carbons (Fsp3) is 0.467. The van der Waals surface area contributed by atoms with Crippen LogP contribution in [0.3, 0.4) is 0 Å². The molecule has 20 heavy (non-hydrogen) atoms. The minimum atomic E-state index is -0.479. The Kier molecular flexibility index (Phi) is 4.70. The van der Waals surface area contributed by atoms with Gasteiger partial charge >= 0.3 is 0 Å². The molecule has 5 heteroatoms. The fourth-order valence-electron chi connectivity index (χ4n) is 2.35. The third-order valence-corrected chi connectivity index (χ3v) is 3.61. The number of anilines is 1. The molecule has 2 N–H and O–H groups in total. The van der Waals surface area contributed by atoms with E-state index in [4.69, 9.17) is 5.26 Å². The van der Waals surface area contributed by atoms with Gasteiger partial charge in [-0.1, -0.05) is 12.8 Å². The molecular formula is C15H18FN3O. The zero-order chi connectivity index (χ0) is 14.5. The third kappa shape index (κ3) is 3.34. The second-order valence-electron chi connectivity index (χ2n) is 5.09. The van der Waals surface area contributed by atoms with Gasteiger partial charge in [-0.05, 0) is 38.4 Å². The van der Waals surface area contributed by atoms with E-state index in [1.165, 1.54) is 12.1 Å². The lowest BCUT2D eigenvalue weighted by molar-refractivity contribution is -0.118. The molecule has 0 saturated carbocycles. The Morgan fingerprint density at radius 2 is 2.25 bits per heavy atom. The van der Waals surface area contributed by atoms with Gasteiger partial charge in [0.25, 0.3) is 0 Å². The van der Waals surface area contributed by atoms with E-state index in [9.17, 15) is 9.18 Å². The third-order valence-electron chi connectivity index (χ3n) is 3.61. The van der Waals surface area contributed by atoms with Crippen molar-refractivity contribution in [3.8, 4) is 6.07 Å². The second kappa shape index (κ2) is 6.49. The van der Waals surface area contributed by atoms with E-state index in [0.29, 0.717) is 11.3 Å². The molecule has 4 nitrogen and oxygen atoms in total. The lowest BCUT2D eigenvalue weighted by Crippen LogP contribution is -2.40. The molecule has 1 aliphatic rings. The summed E-state index contributed by atoms with van der Waals surface area (Å²) in [7, 11) is 0. The summed E-state index contributed by atoms with van der Waals surface area (Å²) < 4.78 is 13.7. The van der Waals surface area contributed by atoms with Crippen molar-refractivity contribution >= 4 is 11.6 Å². The molecule has 0 aromatic heterocycles. The van der Waals surface area contributed by atoms with Gasteiger partial charge in [0.1, 0.15) is 5.82 Å². The highest BCUT2D eigenvalue weighted by Crippen LogP contribution is 2.21. The van der Waals surface area contributed by atoms with Crippen molar-refractivity contribution in [1.29, 1.82) is 5.26 Å². The largest absolute Gasteiger partial charge is 0.324 e. The minimum Gasteiger partial charge on any atom is -0.324 e. The van der Waals surface area contributed by atoms with Crippen LogP contribution in [0.1, 0.15) is 36.8 Å². The first-order valence-corrected chi connectivity index (χ1v) is 6.86. The van der Waals surface area contributed by atoms with E-state index in [1.807, 2.05) is 6.07 Å². The maximum Gasteiger partial charge on any atom is 0.241 e. The molecule has 1 amide bonds. The molecule has 0 aliphatic carbocycles. The molecular weight excluding hydrogens is 257 g/mol. The number of nitrogens with one attached hydrogen (secondary N) is 2. The van der Waals surface area contributed by atoms with E-state index in [2.05, 4.69) is 10.6 Å². The number of carbonyl (C=O) groups excluding carboxylic acids is 1. The number of hydrogen-bond donors (Lipinski definition) is 2. The summed E-state index contributed by atoms with van der Waals surface area (Å²) in [5.74, 6) is -0.641. The highest BCUT2D eigenvalue weighted by Gasteiger charge is 2.20. The molecule has 106 valence electrons. The van der Waals surface area contributed by atoms with Crippen molar-refractivity contribution in [2.24, 2.45) is 0 Å². The summed E-state index contributed by atoms with van der Waals surface area (Å²) in [6.45, 7) is 2.41. The van der Waals surface area contributed by atoms with E-state index in [0.717, 1.165) is 32.2 Å². The maximum atomic E-state index is 13.7. The molecule has 1 aromatic rings. The fourth-order valence-corrected chi connectivity index (χ4v) is 2.35. The van der Waals surface area contributed by atoms with Crippen molar-refractivity contribution in [3.63, 3.8) is 0 Å². The van der Waals surface area contributed by atoms with Crippen LogP contribution in [0.5, 0.6) is 0 Å². The van der Waals surface area contributed by atoms with Crippen LogP contribution in [-0.4, -0.2) is 18.5 Å². The van der Waals surface area contributed by atoms with Gasteiger partial charge in [0.15, 0.2) is 0 Å². The standard InChI is InChI=1S/C15H18FN3O/c1-10-12(16)7-11(9-17)8-14(10)19-15(20)13-5-3-2-4-6-18-13/h7-8,13,18H,2-6H2,1H3,(H,19,20). The summed E-state index contributed by atoms with van der Waals surface area (Å²) in [5.41, 5.74) is 0.931. The first-order valence-electron chi connectivity index (χ1n) is 6.86. The van der Waals surface area contributed by atoms with Gasteiger partial charge in [-0.2, -0.15) is 5.26 Å². The topological polar surface area (TPSA) is 64.9 Å². The van der Waals surface area contributed by atoms with Crippen LogP contribution in [0.15, 0.2) is 12.1 Å². The van der Waals surface area contributed by atoms with Crippen LogP contribution < -0.4 is 10.6 Å². The lowest BCUT2D eigenvalue weighted by Gasteiger charge is -2.17. The number of amides is 1. The average Bonchev–Trinajstić information content (AvgIpc) is 2.72. The Hall–Kier alpha value is -1.93. The van der Waals surface area contributed by atoms with Crippen LogP contribution in [0.25, 0.3) is 0 Å². The number of carbonyl (C=O) groups is 1. The van der Waals surface area contributed by atoms with Gasteiger partial charge in [0.05, 0.1) is 17.7 Å². The molecule has 0 spiro atoms. The van der Waals surface area contributed by atoms with Crippen LogP contribution in [0.2, 0.25) is 0 Å². The van der Waals surface area contributed by atoms with Gasteiger partial charge in [-0.15, -0.1) is 0 Å². The minimum absolute atomic E-state index is 0.163. The van der Waals surface area contributed by atoms with Crippen molar-refractivity contribution in [3.05, 3.63) is 29.1 Å². The summed E-state index contributed by atoms with van der Waals surface area (Å²) >= 11 is 0. The number of rotatable bonds is 2. The number of halogens is 1. The first kappa shape index (κ1) is 14.5. The van der Waals surface area contributed by atoms with Crippen molar-refractivity contribution in [1.82, 2.24) is 5.32 Å². The van der Waals surface area contributed by atoms with Gasteiger partial charge in [0, 0.05) is 11.3 Å².